The van der Waals surface area contributed by atoms with Gasteiger partial charge in [-0.15, -0.1) is 11.3 Å². The largest absolute Gasteiger partial charge is 0.519 e. The van der Waals surface area contributed by atoms with Crippen molar-refractivity contribution in [1.82, 2.24) is 20.3 Å². The van der Waals surface area contributed by atoms with Crippen LogP contribution in [0.25, 0.3) is 10.6 Å². The lowest BCUT2D eigenvalue weighted by atomic mass is 10.1. The van der Waals surface area contributed by atoms with Crippen LogP contribution in [0.1, 0.15) is 28.2 Å². The Hall–Kier alpha value is -4.66. The van der Waals surface area contributed by atoms with Crippen LogP contribution < -0.4 is 16.5 Å². The number of aromatic nitrogens is 3. The van der Waals surface area contributed by atoms with Gasteiger partial charge >= 0.3 is 11.8 Å². The Balaban J connectivity index is 1.42. The zero-order chi connectivity index (χ0) is 29.7. The van der Waals surface area contributed by atoms with Gasteiger partial charge in [0.2, 0.25) is 9.84 Å². The molecule has 0 aliphatic carbocycles. The molecule has 14 heteroatoms. The molecule has 0 amide bonds. The molecule has 4 aromatic heterocycles. The fraction of sp³-hybridized carbons (Fsp3) is 0.179. The molecular weight excluding hydrogens is 582 g/mol. The average Bonchev–Trinajstić information content (AvgIpc) is 3.63. The van der Waals surface area contributed by atoms with Crippen molar-refractivity contribution in [2.45, 2.75) is 36.3 Å². The molecule has 42 heavy (non-hydrogen) atoms. The number of thiazole rings is 1. The van der Waals surface area contributed by atoms with Crippen LogP contribution in [0.3, 0.4) is 0 Å². The molecule has 0 fully saturated rings. The van der Waals surface area contributed by atoms with Gasteiger partial charge in [0.25, 0.3) is 0 Å². The molecule has 2 atom stereocenters. The summed E-state index contributed by atoms with van der Waals surface area (Å²) < 4.78 is 37.3. The van der Waals surface area contributed by atoms with Crippen molar-refractivity contribution < 1.29 is 27.2 Å². The molecule has 2 unspecified atom stereocenters. The Morgan fingerprint density at radius 2 is 1.83 bits per heavy atom. The first-order chi connectivity index (χ1) is 20.2. The van der Waals surface area contributed by atoms with Crippen LogP contribution in [0.4, 0.5) is 5.82 Å². The second kappa shape index (κ2) is 12.5. The number of benzene rings is 1. The van der Waals surface area contributed by atoms with E-state index in [4.69, 9.17) is 8.83 Å². The van der Waals surface area contributed by atoms with Gasteiger partial charge in [-0.3, -0.25) is 5.32 Å². The van der Waals surface area contributed by atoms with Gasteiger partial charge in [-0.05, 0) is 36.8 Å². The summed E-state index contributed by atoms with van der Waals surface area (Å²) in [5.74, 6) is -1.81. The van der Waals surface area contributed by atoms with E-state index >= 15 is 0 Å². The molecule has 5 rings (SSSR count). The maximum absolute atomic E-state index is 13.7. The lowest BCUT2D eigenvalue weighted by Gasteiger charge is -2.20. The molecule has 12 nitrogen and oxygen atoms in total. The van der Waals surface area contributed by atoms with E-state index in [1.54, 1.807) is 24.4 Å². The van der Waals surface area contributed by atoms with Crippen molar-refractivity contribution in [1.29, 1.82) is 0 Å². The van der Waals surface area contributed by atoms with E-state index in [2.05, 4.69) is 25.6 Å². The Morgan fingerprint density at radius 1 is 1.02 bits per heavy atom. The number of rotatable bonds is 12. The van der Waals surface area contributed by atoms with Crippen molar-refractivity contribution in [3.05, 3.63) is 112 Å². The summed E-state index contributed by atoms with van der Waals surface area (Å²) in [6.45, 7) is 1.67. The van der Waals surface area contributed by atoms with Crippen molar-refractivity contribution in [3.8, 4) is 10.6 Å². The van der Waals surface area contributed by atoms with Gasteiger partial charge in [-0.1, -0.05) is 36.4 Å². The zero-order valence-corrected chi connectivity index (χ0v) is 23.8. The highest BCUT2D eigenvalue weighted by Crippen LogP contribution is 2.27. The minimum Gasteiger partial charge on any atom is -0.480 e. The number of nitrogens with zero attached hydrogens (tertiary/aromatic N) is 3. The smallest absolute Gasteiger partial charge is 0.480 e. The summed E-state index contributed by atoms with van der Waals surface area (Å²) in [6.07, 6.45) is 2.91. The average molecular weight is 608 g/mol. The lowest BCUT2D eigenvalue weighted by molar-refractivity contribution is -0.138. The molecule has 0 saturated heterocycles. The normalized spacial score (nSPS) is 13.0. The van der Waals surface area contributed by atoms with E-state index in [1.165, 1.54) is 42.7 Å². The lowest BCUT2D eigenvalue weighted by Crippen LogP contribution is -2.33. The Labute approximate surface area is 244 Å². The first-order valence-electron chi connectivity index (χ1n) is 12.6. The molecule has 4 heterocycles. The highest BCUT2D eigenvalue weighted by atomic mass is 32.2. The minimum absolute atomic E-state index is 0.0780. The third kappa shape index (κ3) is 6.62. The van der Waals surface area contributed by atoms with E-state index in [0.29, 0.717) is 0 Å². The molecule has 216 valence electrons. The van der Waals surface area contributed by atoms with E-state index in [0.717, 1.165) is 16.1 Å². The number of hydrogen-bond acceptors (Lipinski definition) is 12. The highest BCUT2D eigenvalue weighted by molar-refractivity contribution is 7.91. The Morgan fingerprint density at radius 3 is 2.48 bits per heavy atom. The minimum atomic E-state index is -4.08. The number of aliphatic carboxylic acids is 1. The topological polar surface area (TPSA) is 178 Å². The van der Waals surface area contributed by atoms with Crippen molar-refractivity contribution >= 4 is 33.0 Å². The van der Waals surface area contributed by atoms with E-state index in [-0.39, 0.29) is 41.0 Å². The number of sulfone groups is 1. The predicted octanol–water partition coefficient (Wildman–Crippen LogP) is 3.82. The monoisotopic (exact) mass is 607 g/mol. The van der Waals surface area contributed by atoms with Crippen molar-refractivity contribution in [2.75, 3.05) is 5.32 Å². The number of carbonyl (C=O) groups is 1. The van der Waals surface area contributed by atoms with Gasteiger partial charge in [-0.2, -0.15) is 0 Å². The summed E-state index contributed by atoms with van der Waals surface area (Å²) in [5, 5.41) is 17.0. The molecule has 0 aliphatic rings. The number of carboxylic acids is 1. The zero-order valence-electron chi connectivity index (χ0n) is 22.1. The number of aryl methyl sites for hydroxylation is 1. The molecule has 0 spiro atoms. The van der Waals surface area contributed by atoms with Gasteiger partial charge in [0.15, 0.2) is 16.2 Å². The first-order valence-corrected chi connectivity index (χ1v) is 15.1. The molecule has 0 bridgehead atoms. The van der Waals surface area contributed by atoms with Crippen molar-refractivity contribution in [2.24, 2.45) is 0 Å². The van der Waals surface area contributed by atoms with Crippen LogP contribution >= 0.6 is 11.3 Å². The number of nitrogens with one attached hydrogen (secondary N) is 2. The third-order valence-electron chi connectivity index (χ3n) is 6.25. The van der Waals surface area contributed by atoms with Crippen molar-refractivity contribution in [3.63, 3.8) is 0 Å². The van der Waals surface area contributed by atoms with E-state index in [9.17, 15) is 23.1 Å². The third-order valence-corrected chi connectivity index (χ3v) is 8.92. The Kier molecular flexibility index (Phi) is 8.56. The van der Waals surface area contributed by atoms with Gasteiger partial charge in [0.05, 0.1) is 5.69 Å². The molecule has 3 N–H and O–H groups in total. The second-order valence-corrected chi connectivity index (χ2v) is 12.0. The number of carboxylic acid groups (broad SMARTS) is 1. The molecule has 0 saturated carbocycles. The maximum Gasteiger partial charge on any atom is 0.519 e. The van der Waals surface area contributed by atoms with Crippen LogP contribution in [0.5, 0.6) is 0 Å². The van der Waals surface area contributed by atoms with Crippen LogP contribution in [-0.4, -0.2) is 40.5 Å². The highest BCUT2D eigenvalue weighted by Gasteiger charge is 2.32. The van der Waals surface area contributed by atoms with Crippen LogP contribution in [0, 0.1) is 6.92 Å². The Bertz CT molecular complexity index is 1820. The second-order valence-electron chi connectivity index (χ2n) is 9.13. The van der Waals surface area contributed by atoms with Crippen LogP contribution in [0.15, 0.2) is 97.1 Å². The number of anilines is 1. The molecule has 5 aromatic rings. The summed E-state index contributed by atoms with van der Waals surface area (Å²) >= 11 is 1.52. The first kappa shape index (κ1) is 28.9. The van der Waals surface area contributed by atoms with E-state index < -0.39 is 33.0 Å². The predicted molar refractivity (Wildman–Crippen MR) is 154 cm³/mol. The summed E-state index contributed by atoms with van der Waals surface area (Å²) in [6, 6.07) is 15.5. The van der Waals surface area contributed by atoms with Crippen LogP contribution in [0.2, 0.25) is 0 Å². The molecule has 0 radical (unpaired) electrons. The van der Waals surface area contributed by atoms with Gasteiger partial charge in [0.1, 0.15) is 22.6 Å². The van der Waals surface area contributed by atoms with Gasteiger partial charge in [-0.25, -0.2) is 33.0 Å². The fourth-order valence-electron chi connectivity index (χ4n) is 4.15. The number of hydrogen-bond donors (Lipinski definition) is 3. The quantitative estimate of drug-likeness (QED) is 0.187. The molecular formula is C28H25N5O7S2. The van der Waals surface area contributed by atoms with Gasteiger partial charge in [0, 0.05) is 36.3 Å². The fourth-order valence-corrected chi connectivity index (χ4v) is 6.27. The summed E-state index contributed by atoms with van der Waals surface area (Å²) in [5.41, 5.74) is 1.90. The maximum atomic E-state index is 13.7. The van der Waals surface area contributed by atoms with Crippen LogP contribution in [-0.2, 0) is 27.6 Å². The molecule has 1 aromatic carbocycles. The van der Waals surface area contributed by atoms with Gasteiger partial charge < -0.3 is 19.3 Å². The summed E-state index contributed by atoms with van der Waals surface area (Å²) in [4.78, 5) is 36.2. The SMILES string of the molecule is Cc1oc(=O)oc1CC(Nc1cccc(C(NCc2ccc(-c3nccs3)cc2)S(=O)(=O)c2ccccn2)n1)C(=O)O. The number of pyridine rings is 2. The summed E-state index contributed by atoms with van der Waals surface area (Å²) in [7, 11) is -4.08. The standard InChI is InChI=1S/C28H25N5O7S2/c1-17-22(40-28(36)39-17)15-21(27(34)35)33-23-6-4-5-20(32-23)26(42(37,38)24-7-2-3-12-29-24)31-16-18-8-10-19(11-9-18)25-30-13-14-41-25/h2-14,21,26,31H,15-16H2,1H3,(H,32,33)(H,34,35). The molecule has 0 aliphatic heterocycles. The van der Waals surface area contributed by atoms with E-state index in [1.807, 2.05) is 29.6 Å².